The Balaban J connectivity index is 3.88. The topological polar surface area (TPSA) is 40.5 Å². The van der Waals surface area contributed by atoms with Gasteiger partial charge in [0.05, 0.1) is 5.41 Å². The van der Waals surface area contributed by atoms with E-state index in [0.717, 1.165) is 32.5 Å². The van der Waals surface area contributed by atoms with Crippen molar-refractivity contribution >= 4 is 5.97 Å². The quantitative estimate of drug-likeness (QED) is 0.660. The number of carboxylic acids is 1. The molecular formula is C13H27NO2. The lowest BCUT2D eigenvalue weighted by atomic mass is 9.88. The number of carboxylic acid groups (broad SMARTS) is 1. The van der Waals surface area contributed by atoms with E-state index in [4.69, 9.17) is 5.11 Å². The van der Waals surface area contributed by atoms with Crippen LogP contribution in [0.2, 0.25) is 0 Å². The van der Waals surface area contributed by atoms with E-state index in [-0.39, 0.29) is 0 Å². The van der Waals surface area contributed by atoms with E-state index in [1.54, 1.807) is 13.8 Å². The largest absolute Gasteiger partial charge is 0.481 e. The predicted molar refractivity (Wildman–Crippen MR) is 67.7 cm³/mol. The molecule has 0 fully saturated rings. The lowest BCUT2D eigenvalue weighted by Gasteiger charge is -2.24. The fourth-order valence-electron chi connectivity index (χ4n) is 1.82. The fourth-order valence-corrected chi connectivity index (χ4v) is 1.82. The minimum absolute atomic E-state index is 0.579. The highest BCUT2D eigenvalue weighted by molar-refractivity contribution is 5.73. The number of rotatable bonds is 9. The Morgan fingerprint density at radius 2 is 1.62 bits per heavy atom. The molecule has 0 atom stereocenters. The van der Waals surface area contributed by atoms with Gasteiger partial charge in [-0.05, 0) is 59.2 Å². The molecule has 0 spiro atoms. The number of aliphatic carboxylic acids is 1. The maximum Gasteiger partial charge on any atom is 0.309 e. The molecule has 0 radical (unpaired) electrons. The Morgan fingerprint density at radius 1 is 1.12 bits per heavy atom. The van der Waals surface area contributed by atoms with Crippen molar-refractivity contribution in [1.82, 2.24) is 4.90 Å². The average molecular weight is 229 g/mol. The second-order valence-corrected chi connectivity index (χ2v) is 5.13. The molecule has 96 valence electrons. The standard InChI is InChI=1S/C13H27NO2/c1-5-9-14(10-6-2)11-7-8-13(3,4)12(15)16/h5-11H2,1-4H3,(H,15,16). The second kappa shape index (κ2) is 7.66. The van der Waals surface area contributed by atoms with Crippen LogP contribution in [-0.4, -0.2) is 35.6 Å². The molecule has 0 aliphatic heterocycles. The molecule has 0 aliphatic carbocycles. The highest BCUT2D eigenvalue weighted by Gasteiger charge is 2.26. The number of nitrogens with zero attached hydrogens (tertiary/aromatic N) is 1. The summed E-state index contributed by atoms with van der Waals surface area (Å²) in [5.74, 6) is -0.690. The number of hydrogen-bond acceptors (Lipinski definition) is 2. The molecule has 0 amide bonds. The summed E-state index contributed by atoms with van der Waals surface area (Å²) in [6.07, 6.45) is 4.07. The van der Waals surface area contributed by atoms with Gasteiger partial charge in [-0.15, -0.1) is 0 Å². The van der Waals surface area contributed by atoms with Crippen LogP contribution in [-0.2, 0) is 4.79 Å². The summed E-state index contributed by atoms with van der Waals surface area (Å²) < 4.78 is 0. The van der Waals surface area contributed by atoms with E-state index >= 15 is 0 Å². The molecule has 0 aromatic rings. The molecule has 16 heavy (non-hydrogen) atoms. The number of carbonyl (C=O) groups is 1. The van der Waals surface area contributed by atoms with E-state index in [0.29, 0.717) is 0 Å². The van der Waals surface area contributed by atoms with Crippen molar-refractivity contribution in [2.75, 3.05) is 19.6 Å². The molecule has 3 heteroatoms. The highest BCUT2D eigenvalue weighted by atomic mass is 16.4. The van der Waals surface area contributed by atoms with Crippen molar-refractivity contribution in [3.63, 3.8) is 0 Å². The normalized spacial score (nSPS) is 12.1. The lowest BCUT2D eigenvalue weighted by molar-refractivity contribution is -0.147. The smallest absolute Gasteiger partial charge is 0.309 e. The van der Waals surface area contributed by atoms with Crippen LogP contribution in [0.4, 0.5) is 0 Å². The van der Waals surface area contributed by atoms with Gasteiger partial charge < -0.3 is 10.0 Å². The minimum atomic E-state index is -0.690. The SMILES string of the molecule is CCCN(CCC)CCCC(C)(C)C(=O)O. The van der Waals surface area contributed by atoms with Crippen molar-refractivity contribution in [2.45, 2.75) is 53.4 Å². The third-order valence-corrected chi connectivity index (χ3v) is 2.93. The van der Waals surface area contributed by atoms with Crippen LogP contribution < -0.4 is 0 Å². The summed E-state index contributed by atoms with van der Waals surface area (Å²) in [5, 5.41) is 9.00. The van der Waals surface area contributed by atoms with Gasteiger partial charge >= 0.3 is 5.97 Å². The zero-order valence-corrected chi connectivity index (χ0v) is 11.3. The predicted octanol–water partition coefficient (Wildman–Crippen LogP) is 3.00. The summed E-state index contributed by atoms with van der Waals surface area (Å²) in [7, 11) is 0. The highest BCUT2D eigenvalue weighted by Crippen LogP contribution is 2.22. The van der Waals surface area contributed by atoms with Crippen LogP contribution in [0.15, 0.2) is 0 Å². The van der Waals surface area contributed by atoms with Crippen molar-refractivity contribution in [3.8, 4) is 0 Å². The van der Waals surface area contributed by atoms with Crippen molar-refractivity contribution < 1.29 is 9.90 Å². The molecule has 0 saturated heterocycles. The monoisotopic (exact) mass is 229 g/mol. The van der Waals surface area contributed by atoms with Crippen LogP contribution in [0.3, 0.4) is 0 Å². The van der Waals surface area contributed by atoms with Gasteiger partial charge in [-0.2, -0.15) is 0 Å². The average Bonchev–Trinajstić information content (AvgIpc) is 2.17. The molecule has 0 rings (SSSR count). The van der Waals surface area contributed by atoms with Gasteiger partial charge in [0, 0.05) is 0 Å². The molecule has 0 bridgehead atoms. The van der Waals surface area contributed by atoms with E-state index in [1.165, 1.54) is 12.8 Å². The third kappa shape index (κ3) is 6.11. The summed E-state index contributed by atoms with van der Waals surface area (Å²) in [6, 6.07) is 0. The molecule has 3 nitrogen and oxygen atoms in total. The van der Waals surface area contributed by atoms with Crippen LogP contribution >= 0.6 is 0 Å². The van der Waals surface area contributed by atoms with Crippen LogP contribution in [0.25, 0.3) is 0 Å². The maximum atomic E-state index is 10.9. The fraction of sp³-hybridized carbons (Fsp3) is 0.923. The van der Waals surface area contributed by atoms with Gasteiger partial charge in [0.15, 0.2) is 0 Å². The van der Waals surface area contributed by atoms with Crippen LogP contribution in [0, 0.1) is 5.41 Å². The summed E-state index contributed by atoms with van der Waals surface area (Å²) >= 11 is 0. The molecular weight excluding hydrogens is 202 g/mol. The van der Waals surface area contributed by atoms with Gasteiger partial charge in [0.1, 0.15) is 0 Å². The summed E-state index contributed by atoms with van der Waals surface area (Å²) in [5.41, 5.74) is -0.579. The lowest BCUT2D eigenvalue weighted by Crippen LogP contribution is -2.29. The molecule has 0 aliphatic rings. The van der Waals surface area contributed by atoms with E-state index in [1.807, 2.05) is 0 Å². The molecule has 0 aromatic heterocycles. The van der Waals surface area contributed by atoms with E-state index in [2.05, 4.69) is 18.7 Å². The third-order valence-electron chi connectivity index (χ3n) is 2.93. The first-order valence-electron chi connectivity index (χ1n) is 6.39. The van der Waals surface area contributed by atoms with E-state index in [9.17, 15) is 4.79 Å². The van der Waals surface area contributed by atoms with Gasteiger partial charge in [-0.1, -0.05) is 13.8 Å². The van der Waals surface area contributed by atoms with Crippen molar-refractivity contribution in [1.29, 1.82) is 0 Å². The van der Waals surface area contributed by atoms with Crippen molar-refractivity contribution in [3.05, 3.63) is 0 Å². The Labute approximate surface area is 99.8 Å². The first-order valence-corrected chi connectivity index (χ1v) is 6.39. The van der Waals surface area contributed by atoms with Crippen LogP contribution in [0.1, 0.15) is 53.4 Å². The van der Waals surface area contributed by atoms with E-state index < -0.39 is 11.4 Å². The first-order chi connectivity index (χ1) is 7.44. The minimum Gasteiger partial charge on any atom is -0.481 e. The Hall–Kier alpha value is -0.570. The van der Waals surface area contributed by atoms with Crippen LogP contribution in [0.5, 0.6) is 0 Å². The maximum absolute atomic E-state index is 10.9. The first kappa shape index (κ1) is 15.4. The summed E-state index contributed by atoms with van der Waals surface area (Å²) in [4.78, 5) is 13.4. The van der Waals surface area contributed by atoms with Gasteiger partial charge in [-0.3, -0.25) is 4.79 Å². The zero-order chi connectivity index (χ0) is 12.6. The molecule has 0 unspecified atom stereocenters. The van der Waals surface area contributed by atoms with Gasteiger partial charge in [-0.25, -0.2) is 0 Å². The molecule has 0 heterocycles. The van der Waals surface area contributed by atoms with Gasteiger partial charge in [0.2, 0.25) is 0 Å². The second-order valence-electron chi connectivity index (χ2n) is 5.13. The summed E-state index contributed by atoms with van der Waals surface area (Å²) in [6.45, 7) is 11.3. The Kier molecular flexibility index (Phi) is 7.39. The van der Waals surface area contributed by atoms with Crippen molar-refractivity contribution in [2.24, 2.45) is 5.41 Å². The zero-order valence-electron chi connectivity index (χ0n) is 11.3. The Bertz CT molecular complexity index is 196. The molecule has 0 saturated carbocycles. The molecule has 1 N–H and O–H groups in total. The van der Waals surface area contributed by atoms with Gasteiger partial charge in [0.25, 0.3) is 0 Å². The molecule has 0 aromatic carbocycles. The number of hydrogen-bond donors (Lipinski definition) is 1. The Morgan fingerprint density at radius 3 is 2.00 bits per heavy atom.